The molecule has 0 radical (unpaired) electrons. The third-order valence-electron chi connectivity index (χ3n) is 1.92. The Kier molecular flexibility index (Phi) is 2.20. The maximum atomic E-state index is 6.08. The van der Waals surface area contributed by atoms with Gasteiger partial charge in [-0.15, -0.1) is 0 Å². The van der Waals surface area contributed by atoms with Crippen molar-refractivity contribution in [2.75, 3.05) is 6.54 Å². The molecule has 3 nitrogen and oxygen atoms in total. The van der Waals surface area contributed by atoms with Crippen molar-refractivity contribution in [3.63, 3.8) is 0 Å². The van der Waals surface area contributed by atoms with Crippen molar-refractivity contribution >= 4 is 22.5 Å². The van der Waals surface area contributed by atoms with Crippen molar-refractivity contribution in [1.82, 2.24) is 9.78 Å². The Morgan fingerprint density at radius 2 is 2.15 bits per heavy atom. The molecule has 0 saturated carbocycles. The van der Waals surface area contributed by atoms with Crippen LogP contribution in [0.3, 0.4) is 0 Å². The number of halogens is 1. The van der Waals surface area contributed by atoms with Gasteiger partial charge in [0.05, 0.1) is 12.1 Å². The average Bonchev–Trinajstić information content (AvgIpc) is 2.46. The van der Waals surface area contributed by atoms with Crippen LogP contribution in [0.5, 0.6) is 0 Å². The van der Waals surface area contributed by atoms with Crippen molar-refractivity contribution in [3.05, 3.63) is 29.4 Å². The summed E-state index contributed by atoms with van der Waals surface area (Å²) in [5.41, 5.74) is 6.35. The third-order valence-corrected chi connectivity index (χ3v) is 2.32. The summed E-state index contributed by atoms with van der Waals surface area (Å²) in [5, 5.41) is 5.96. The number of hydrogen-bond donors (Lipinski definition) is 1. The molecule has 0 saturated heterocycles. The van der Waals surface area contributed by atoms with Crippen molar-refractivity contribution in [2.45, 2.75) is 6.54 Å². The number of rotatable bonds is 2. The van der Waals surface area contributed by atoms with Crippen LogP contribution < -0.4 is 5.73 Å². The second kappa shape index (κ2) is 3.36. The van der Waals surface area contributed by atoms with E-state index in [2.05, 4.69) is 5.10 Å². The smallest absolute Gasteiger partial charge is 0.134 e. The van der Waals surface area contributed by atoms with Gasteiger partial charge in [0.1, 0.15) is 5.15 Å². The SMILES string of the molecule is NCCn1nc2ccccc2c1Cl. The maximum absolute atomic E-state index is 6.08. The lowest BCUT2D eigenvalue weighted by atomic mass is 10.3. The van der Waals surface area contributed by atoms with Crippen molar-refractivity contribution in [1.29, 1.82) is 0 Å². The van der Waals surface area contributed by atoms with E-state index in [1.807, 2.05) is 24.3 Å². The van der Waals surface area contributed by atoms with Crippen LogP contribution in [0.1, 0.15) is 0 Å². The molecule has 0 fully saturated rings. The number of hydrogen-bond acceptors (Lipinski definition) is 2. The Bertz CT molecular complexity index is 422. The molecule has 0 unspecified atom stereocenters. The first kappa shape index (κ1) is 8.53. The largest absolute Gasteiger partial charge is 0.329 e. The lowest BCUT2D eigenvalue weighted by molar-refractivity contribution is 0.632. The normalized spacial score (nSPS) is 10.9. The van der Waals surface area contributed by atoms with Crippen LogP contribution in [-0.4, -0.2) is 16.3 Å². The summed E-state index contributed by atoms with van der Waals surface area (Å²) in [6.07, 6.45) is 0. The topological polar surface area (TPSA) is 43.8 Å². The van der Waals surface area contributed by atoms with Crippen LogP contribution in [0.15, 0.2) is 24.3 Å². The van der Waals surface area contributed by atoms with Gasteiger partial charge in [-0.05, 0) is 12.1 Å². The highest BCUT2D eigenvalue weighted by atomic mass is 35.5. The highest BCUT2D eigenvalue weighted by Crippen LogP contribution is 2.22. The minimum absolute atomic E-state index is 0.549. The van der Waals surface area contributed by atoms with Gasteiger partial charge in [0.15, 0.2) is 0 Å². The van der Waals surface area contributed by atoms with E-state index in [1.165, 1.54) is 0 Å². The summed E-state index contributed by atoms with van der Waals surface area (Å²) < 4.78 is 1.73. The average molecular weight is 196 g/mol. The summed E-state index contributed by atoms with van der Waals surface area (Å²) in [6.45, 7) is 1.21. The first-order valence-electron chi connectivity index (χ1n) is 4.14. The molecular weight excluding hydrogens is 186 g/mol. The van der Waals surface area contributed by atoms with Crippen LogP contribution in [0.2, 0.25) is 5.15 Å². The van der Waals surface area contributed by atoms with Crippen molar-refractivity contribution in [2.24, 2.45) is 5.73 Å². The van der Waals surface area contributed by atoms with Gasteiger partial charge in [-0.3, -0.25) is 4.68 Å². The molecule has 68 valence electrons. The van der Waals surface area contributed by atoms with Gasteiger partial charge in [0.25, 0.3) is 0 Å². The number of aromatic nitrogens is 2. The van der Waals surface area contributed by atoms with Crippen LogP contribution in [0.25, 0.3) is 10.9 Å². The summed E-state index contributed by atoms with van der Waals surface area (Å²) in [4.78, 5) is 0. The van der Waals surface area contributed by atoms with Crippen molar-refractivity contribution in [3.8, 4) is 0 Å². The maximum Gasteiger partial charge on any atom is 0.134 e. The Labute approximate surface area is 81.1 Å². The van der Waals surface area contributed by atoms with Gasteiger partial charge in [0, 0.05) is 11.9 Å². The van der Waals surface area contributed by atoms with E-state index in [0.29, 0.717) is 18.2 Å². The molecule has 0 aliphatic rings. The molecule has 0 aliphatic carbocycles. The Balaban J connectivity index is 2.60. The zero-order chi connectivity index (χ0) is 9.26. The lowest BCUT2D eigenvalue weighted by Crippen LogP contribution is -2.10. The van der Waals surface area contributed by atoms with Gasteiger partial charge < -0.3 is 5.73 Å². The molecule has 1 aromatic carbocycles. The van der Waals surface area contributed by atoms with E-state index >= 15 is 0 Å². The fourth-order valence-corrected chi connectivity index (χ4v) is 1.60. The van der Waals surface area contributed by atoms with Crippen LogP contribution in [0, 0.1) is 0 Å². The molecule has 0 aliphatic heterocycles. The summed E-state index contributed by atoms with van der Waals surface area (Å²) in [5.74, 6) is 0. The standard InChI is InChI=1S/C9H10ClN3/c10-9-7-3-1-2-4-8(7)12-13(9)6-5-11/h1-4H,5-6,11H2. The molecule has 1 aromatic heterocycles. The van der Waals surface area contributed by atoms with E-state index in [1.54, 1.807) is 4.68 Å². The first-order valence-corrected chi connectivity index (χ1v) is 4.52. The number of fused-ring (bicyclic) bond motifs is 1. The molecule has 2 rings (SSSR count). The number of benzene rings is 1. The van der Waals surface area contributed by atoms with E-state index in [4.69, 9.17) is 17.3 Å². The summed E-state index contributed by atoms with van der Waals surface area (Å²) in [6, 6.07) is 7.78. The second-order valence-corrected chi connectivity index (χ2v) is 3.18. The number of nitrogens with two attached hydrogens (primary N) is 1. The fourth-order valence-electron chi connectivity index (χ4n) is 1.32. The molecule has 4 heteroatoms. The quantitative estimate of drug-likeness (QED) is 0.792. The van der Waals surface area contributed by atoms with Gasteiger partial charge >= 0.3 is 0 Å². The molecule has 13 heavy (non-hydrogen) atoms. The number of nitrogens with zero attached hydrogens (tertiary/aromatic N) is 2. The Morgan fingerprint density at radius 3 is 2.85 bits per heavy atom. The zero-order valence-electron chi connectivity index (χ0n) is 7.07. The lowest BCUT2D eigenvalue weighted by Gasteiger charge is -1.97. The highest BCUT2D eigenvalue weighted by molar-refractivity contribution is 6.34. The second-order valence-electron chi connectivity index (χ2n) is 2.82. The Morgan fingerprint density at radius 1 is 1.38 bits per heavy atom. The predicted octanol–water partition coefficient (Wildman–Crippen LogP) is 1.65. The van der Waals surface area contributed by atoms with Gasteiger partial charge in [-0.2, -0.15) is 5.10 Å². The molecule has 0 atom stereocenters. The van der Waals surface area contributed by atoms with Gasteiger partial charge in [-0.1, -0.05) is 23.7 Å². The third kappa shape index (κ3) is 1.41. The minimum Gasteiger partial charge on any atom is -0.329 e. The van der Waals surface area contributed by atoms with Crippen LogP contribution in [-0.2, 0) is 6.54 Å². The van der Waals surface area contributed by atoms with Gasteiger partial charge in [-0.25, -0.2) is 0 Å². The predicted molar refractivity (Wildman–Crippen MR) is 53.8 cm³/mol. The highest BCUT2D eigenvalue weighted by Gasteiger charge is 2.06. The molecule has 0 amide bonds. The molecule has 2 N–H and O–H groups in total. The molecule has 0 bridgehead atoms. The summed E-state index contributed by atoms with van der Waals surface area (Å²) in [7, 11) is 0. The Hall–Kier alpha value is -1.06. The minimum atomic E-state index is 0.549. The van der Waals surface area contributed by atoms with E-state index in [0.717, 1.165) is 10.9 Å². The van der Waals surface area contributed by atoms with Crippen LogP contribution >= 0.6 is 11.6 Å². The molecule has 0 spiro atoms. The molecule has 2 aromatic rings. The van der Waals surface area contributed by atoms with E-state index < -0.39 is 0 Å². The fraction of sp³-hybridized carbons (Fsp3) is 0.222. The molecular formula is C9H10ClN3. The van der Waals surface area contributed by atoms with E-state index in [-0.39, 0.29) is 0 Å². The zero-order valence-corrected chi connectivity index (χ0v) is 7.83. The monoisotopic (exact) mass is 195 g/mol. The molecule has 1 heterocycles. The van der Waals surface area contributed by atoms with Gasteiger partial charge in [0.2, 0.25) is 0 Å². The first-order chi connectivity index (χ1) is 6.33. The summed E-state index contributed by atoms with van der Waals surface area (Å²) >= 11 is 6.08. The van der Waals surface area contributed by atoms with Crippen LogP contribution in [0.4, 0.5) is 0 Å². The van der Waals surface area contributed by atoms with Crippen molar-refractivity contribution < 1.29 is 0 Å². The van der Waals surface area contributed by atoms with E-state index in [9.17, 15) is 0 Å².